The number of hydrogen-bond donors (Lipinski definition) is 0. The van der Waals surface area contributed by atoms with Gasteiger partial charge in [-0.3, -0.25) is 0 Å². The molecule has 0 N–H and O–H groups in total. The molecule has 2 spiro atoms. The second-order valence-corrected chi connectivity index (χ2v) is 24.1. The van der Waals surface area contributed by atoms with Crippen LogP contribution in [0.4, 0.5) is 34.1 Å². The Hall–Kier alpha value is -6.84. The van der Waals surface area contributed by atoms with Gasteiger partial charge in [0, 0.05) is 38.7 Å². The normalized spacial score (nSPS) is 27.3. The lowest BCUT2D eigenvalue weighted by atomic mass is 9.41. The van der Waals surface area contributed by atoms with E-state index in [9.17, 15) is 0 Å². The Labute approximate surface area is 424 Å². The summed E-state index contributed by atoms with van der Waals surface area (Å²) in [7, 11) is 0. The Balaban J connectivity index is 0.841. The highest BCUT2D eigenvalue weighted by Gasteiger charge is 2.62. The molecule has 2 aliphatic heterocycles. The van der Waals surface area contributed by atoms with Crippen molar-refractivity contribution < 1.29 is 0 Å². The Morgan fingerprint density at radius 3 is 1.46 bits per heavy atom. The van der Waals surface area contributed by atoms with Crippen molar-refractivity contribution in [3.05, 3.63) is 210 Å². The van der Waals surface area contributed by atoms with Crippen LogP contribution < -0.4 is 9.80 Å². The van der Waals surface area contributed by atoms with Gasteiger partial charge in [0.1, 0.15) is 0 Å². The summed E-state index contributed by atoms with van der Waals surface area (Å²) < 4.78 is 2.52. The number of nitrogens with zero attached hydrogens (tertiary/aromatic N) is 3. The van der Waals surface area contributed by atoms with Crippen molar-refractivity contribution in [2.75, 3.05) is 9.80 Å². The second-order valence-electron chi connectivity index (χ2n) is 24.1. The average Bonchev–Trinajstić information content (AvgIpc) is 3.77. The van der Waals surface area contributed by atoms with Crippen molar-refractivity contribution in [1.82, 2.24) is 4.57 Å². The van der Waals surface area contributed by atoms with Crippen LogP contribution in [0.5, 0.6) is 0 Å². The molecule has 8 aromatic carbocycles. The Bertz CT molecular complexity index is 3510. The van der Waals surface area contributed by atoms with E-state index in [2.05, 4.69) is 202 Å². The van der Waals surface area contributed by atoms with Crippen molar-refractivity contribution in [2.24, 2.45) is 47.3 Å². The highest BCUT2D eigenvalue weighted by molar-refractivity contribution is 6.09. The molecule has 7 saturated carbocycles. The van der Waals surface area contributed by atoms with Crippen LogP contribution in [0.25, 0.3) is 38.6 Å². The number of aromatic nitrogens is 1. The molecule has 9 aliphatic rings. The molecule has 3 heteroatoms. The van der Waals surface area contributed by atoms with E-state index >= 15 is 0 Å². The lowest BCUT2D eigenvalue weighted by Gasteiger charge is -2.64. The number of benzene rings is 8. The molecule has 7 fully saturated rings. The van der Waals surface area contributed by atoms with Gasteiger partial charge < -0.3 is 14.4 Å². The molecule has 7 aliphatic carbocycles. The summed E-state index contributed by atoms with van der Waals surface area (Å²) in [6.07, 6.45) is 15.4. The third kappa shape index (κ3) is 5.37. The maximum Gasteiger partial charge on any atom is 0.0541 e. The number of fused-ring (bicyclic) bond motifs is 12. The number of hydrogen-bond acceptors (Lipinski definition) is 2. The molecular weight excluding hydrogens is 871 g/mol. The molecule has 0 amide bonds. The van der Waals surface area contributed by atoms with Crippen LogP contribution in [0.2, 0.25) is 0 Å². The van der Waals surface area contributed by atoms with Gasteiger partial charge in [-0.05, 0) is 212 Å². The Kier molecular flexibility index (Phi) is 8.41. The van der Waals surface area contributed by atoms with Crippen LogP contribution >= 0.6 is 0 Å². The standard InChI is InChI=1S/C69H61N3/c1-7-19-62-56(13-1)57-14-2-8-20-63(57)71(62)54-39-49(40-55(41-54)72-66-23-11-5-17-60(66)69(61-18-6-12-24-67(61)72)51-34-44-31-45(36-51)37-52(69)35-44)46-27-29-53(30-28-46)70-64-21-9-3-15-58(64)68(59-16-4-10-22-65(59)70)42-47-26-25-43-32-48(47)38-50(68)33-43/h1-24,27-30,39-41,43-45,47-48,50-52H,25-26,31-38,42H2/t43-,44-,45+,47?,48+,50?,51-,52?/m1/s1. The first-order chi connectivity index (χ1) is 35.6. The molecule has 7 bridgehead atoms. The zero-order valence-corrected chi connectivity index (χ0v) is 41.1. The summed E-state index contributed by atoms with van der Waals surface area (Å²) in [5.41, 5.74) is 20.4. The molecular formula is C69H61N3. The van der Waals surface area contributed by atoms with Gasteiger partial charge in [-0.25, -0.2) is 0 Å². The van der Waals surface area contributed by atoms with Gasteiger partial charge >= 0.3 is 0 Å². The van der Waals surface area contributed by atoms with Crippen LogP contribution in [-0.2, 0) is 10.8 Å². The van der Waals surface area contributed by atoms with Crippen LogP contribution in [0.3, 0.4) is 0 Å². The molecule has 0 radical (unpaired) electrons. The highest BCUT2D eigenvalue weighted by Crippen LogP contribution is 2.70. The number of anilines is 6. The topological polar surface area (TPSA) is 11.4 Å². The van der Waals surface area contributed by atoms with Gasteiger partial charge in [0.25, 0.3) is 0 Å². The van der Waals surface area contributed by atoms with E-state index in [1.165, 1.54) is 143 Å². The van der Waals surface area contributed by atoms with Crippen molar-refractivity contribution in [2.45, 2.75) is 81.5 Å². The molecule has 3 nitrogen and oxygen atoms in total. The SMILES string of the molecule is c1ccc2c(c1)N(c1ccc(-c3cc(N4c5ccccc5C5(c6ccccc64)C4C[C@H]6C[C@@H](C4)C[C@@H]5C6)cc(-n4c5ccccc5c5ccccc54)c3)cc1)c1ccccc1C21CC2CC[C@H]3CC1C[C@@H]2C3. The molecule has 72 heavy (non-hydrogen) atoms. The largest absolute Gasteiger partial charge is 0.310 e. The number of para-hydroxylation sites is 6. The van der Waals surface area contributed by atoms with Crippen molar-refractivity contribution in [3.63, 3.8) is 0 Å². The van der Waals surface area contributed by atoms with Gasteiger partial charge in [0.15, 0.2) is 0 Å². The minimum Gasteiger partial charge on any atom is -0.310 e. The smallest absolute Gasteiger partial charge is 0.0541 e. The average molecular weight is 932 g/mol. The maximum atomic E-state index is 2.65. The molecule has 2 unspecified atom stereocenters. The van der Waals surface area contributed by atoms with Crippen LogP contribution in [0.1, 0.15) is 92.9 Å². The fraction of sp³-hybridized carbons (Fsp3) is 0.304. The summed E-state index contributed by atoms with van der Waals surface area (Å²) in [5, 5.41) is 2.57. The van der Waals surface area contributed by atoms with Crippen LogP contribution in [0.15, 0.2) is 188 Å². The Morgan fingerprint density at radius 1 is 0.347 bits per heavy atom. The van der Waals surface area contributed by atoms with Crippen molar-refractivity contribution >= 4 is 55.9 Å². The second kappa shape index (κ2) is 14.9. The highest BCUT2D eigenvalue weighted by atomic mass is 15.2. The summed E-state index contributed by atoms with van der Waals surface area (Å²) in [5.74, 6) is 6.54. The van der Waals surface area contributed by atoms with Gasteiger partial charge in [-0.2, -0.15) is 0 Å². The predicted octanol–water partition coefficient (Wildman–Crippen LogP) is 17.9. The van der Waals surface area contributed by atoms with E-state index in [0.29, 0.717) is 17.8 Å². The molecule has 4 atom stereocenters. The van der Waals surface area contributed by atoms with Crippen LogP contribution in [-0.4, -0.2) is 4.57 Å². The molecule has 1 aromatic heterocycles. The molecule has 18 rings (SSSR count). The third-order valence-electron chi connectivity index (χ3n) is 21.1. The molecule has 3 heterocycles. The Morgan fingerprint density at radius 2 is 0.847 bits per heavy atom. The summed E-state index contributed by atoms with van der Waals surface area (Å²) in [6.45, 7) is 0. The predicted molar refractivity (Wildman–Crippen MR) is 296 cm³/mol. The third-order valence-corrected chi connectivity index (χ3v) is 21.1. The van der Waals surface area contributed by atoms with Gasteiger partial charge in [-0.15, -0.1) is 0 Å². The van der Waals surface area contributed by atoms with E-state index in [0.717, 1.165) is 29.6 Å². The van der Waals surface area contributed by atoms with Crippen molar-refractivity contribution in [1.29, 1.82) is 0 Å². The van der Waals surface area contributed by atoms with E-state index in [4.69, 9.17) is 0 Å². The van der Waals surface area contributed by atoms with E-state index in [1.807, 2.05) is 0 Å². The first-order valence-corrected chi connectivity index (χ1v) is 27.8. The first-order valence-electron chi connectivity index (χ1n) is 27.8. The zero-order valence-electron chi connectivity index (χ0n) is 41.1. The first kappa shape index (κ1) is 40.7. The zero-order chi connectivity index (χ0) is 46.9. The molecule has 9 aromatic rings. The fourth-order valence-corrected chi connectivity index (χ4v) is 18.8. The number of rotatable bonds is 4. The quantitative estimate of drug-likeness (QED) is 0.174. The van der Waals surface area contributed by atoms with Crippen molar-refractivity contribution in [3.8, 4) is 16.8 Å². The fourth-order valence-electron chi connectivity index (χ4n) is 18.8. The molecule has 0 saturated heterocycles. The lowest BCUT2D eigenvalue weighted by molar-refractivity contribution is -0.0419. The summed E-state index contributed by atoms with van der Waals surface area (Å²) >= 11 is 0. The lowest BCUT2D eigenvalue weighted by Crippen LogP contribution is -2.57. The van der Waals surface area contributed by atoms with E-state index in [-0.39, 0.29) is 10.8 Å². The summed E-state index contributed by atoms with van der Waals surface area (Å²) in [4.78, 5) is 5.26. The minimum absolute atomic E-state index is 0.0565. The maximum absolute atomic E-state index is 2.65. The molecule has 352 valence electrons. The van der Waals surface area contributed by atoms with E-state index in [1.54, 1.807) is 22.3 Å². The monoisotopic (exact) mass is 931 g/mol. The summed E-state index contributed by atoms with van der Waals surface area (Å²) in [6, 6.07) is 73.4. The van der Waals surface area contributed by atoms with E-state index < -0.39 is 0 Å². The van der Waals surface area contributed by atoms with Crippen LogP contribution in [0, 0.1) is 47.3 Å². The van der Waals surface area contributed by atoms with Gasteiger partial charge in [0.05, 0.1) is 33.8 Å². The van der Waals surface area contributed by atoms with Gasteiger partial charge in [-0.1, -0.05) is 128 Å². The minimum atomic E-state index is 0.0565. The van der Waals surface area contributed by atoms with Gasteiger partial charge in [0.2, 0.25) is 0 Å².